The molecule has 6 N–H and O–H groups in total. The van der Waals surface area contributed by atoms with Gasteiger partial charge in [0.15, 0.2) is 0 Å². The number of nitrogens with zero attached hydrogens (tertiary/aromatic N) is 4. The van der Waals surface area contributed by atoms with E-state index in [9.17, 15) is 19.2 Å². The highest BCUT2D eigenvalue weighted by Crippen LogP contribution is 2.41. The van der Waals surface area contributed by atoms with Crippen LogP contribution >= 0.6 is 58.8 Å². The van der Waals surface area contributed by atoms with Gasteiger partial charge >= 0.3 is 12.1 Å². The van der Waals surface area contributed by atoms with Gasteiger partial charge < -0.3 is 60.6 Å². The molecule has 0 aliphatic carbocycles. The zero-order valence-electron chi connectivity index (χ0n) is 47.7. The molecule has 0 fully saturated rings. The molecule has 18 nitrogen and oxygen atoms in total. The Labute approximate surface area is 523 Å². The maximum absolute atomic E-state index is 12.8. The number of ether oxygens (including phenoxy) is 4. The zero-order chi connectivity index (χ0) is 59.2. The van der Waals surface area contributed by atoms with Crippen LogP contribution in [0.3, 0.4) is 0 Å². The molecular formula is C62H73Cl5N10O8. The Kier molecular flexibility index (Phi) is 26.8. The number of aromatic nitrogens is 2. The Morgan fingerprint density at radius 1 is 0.471 bits per heavy atom. The first-order chi connectivity index (χ1) is 40.8. The lowest BCUT2D eigenvalue weighted by Crippen LogP contribution is -2.39. The molecular weight excluding hydrogens is 1190 g/mol. The summed E-state index contributed by atoms with van der Waals surface area (Å²) < 4.78 is 22.3. The molecule has 8 rings (SSSR count). The zero-order valence-corrected chi connectivity index (χ0v) is 51.5. The van der Waals surface area contributed by atoms with Gasteiger partial charge in [0.1, 0.15) is 11.4 Å². The van der Waals surface area contributed by atoms with E-state index in [4.69, 9.17) is 65.4 Å². The molecule has 85 heavy (non-hydrogen) atoms. The van der Waals surface area contributed by atoms with Crippen molar-refractivity contribution in [3.63, 3.8) is 0 Å². The number of likely N-dealkylation sites (N-methyl/N-ethyl adjacent to an activating group) is 2. The van der Waals surface area contributed by atoms with Gasteiger partial charge in [-0.15, -0.1) is 12.4 Å². The lowest BCUT2D eigenvalue weighted by Gasteiger charge is -2.33. The molecule has 454 valence electrons. The highest BCUT2D eigenvalue weighted by molar-refractivity contribution is 6.35. The quantitative estimate of drug-likeness (QED) is 0.0243. The molecule has 2 atom stereocenters. The number of carbonyl (C=O) groups excluding carboxylic acids is 4. The number of rotatable bonds is 29. The van der Waals surface area contributed by atoms with Gasteiger partial charge in [-0.2, -0.15) is 0 Å². The SMILES string of the molecule is CN1Cc2c(Cl)cc(Cl)cc2[C@H](c2cccc(-c3ccc(C(=O)NCCOCCOCCNC(=O)NCCCCNC(=O)NCCOCCOCCNC(=O)c4ccc(-c5cccc([C@@H]6CN(C)Cc7c(Cl)cc(Cl)cc76)c5)cn4)nc3)c2)C1.Cl. The summed E-state index contributed by atoms with van der Waals surface area (Å²) in [4.78, 5) is 63.2. The summed E-state index contributed by atoms with van der Waals surface area (Å²) in [5.74, 6) is -0.372. The summed E-state index contributed by atoms with van der Waals surface area (Å²) in [5, 5.41) is 19.3. The fourth-order valence-corrected chi connectivity index (χ4v) is 11.2. The van der Waals surface area contributed by atoms with Crippen molar-refractivity contribution in [1.82, 2.24) is 51.7 Å². The summed E-state index contributed by atoms with van der Waals surface area (Å²) in [5.41, 5.74) is 11.2. The Bertz CT molecular complexity index is 2960. The van der Waals surface area contributed by atoms with E-state index in [1.165, 1.54) is 0 Å². The second-order valence-electron chi connectivity index (χ2n) is 20.6. The van der Waals surface area contributed by atoms with Crippen LogP contribution in [0.5, 0.6) is 0 Å². The van der Waals surface area contributed by atoms with E-state index in [2.05, 4.69) is 90.0 Å². The van der Waals surface area contributed by atoms with Gasteiger partial charge in [-0.3, -0.25) is 19.6 Å². The van der Waals surface area contributed by atoms with Crippen LogP contribution in [0.4, 0.5) is 9.59 Å². The van der Waals surface area contributed by atoms with Gasteiger partial charge in [0, 0.05) is 121 Å². The highest BCUT2D eigenvalue weighted by atomic mass is 35.5. The number of unbranched alkanes of at least 4 members (excludes halogenated alkanes) is 1. The molecule has 6 aromatic rings. The summed E-state index contributed by atoms with van der Waals surface area (Å²) in [6.07, 6.45) is 4.77. The third kappa shape index (κ3) is 20.2. The van der Waals surface area contributed by atoms with E-state index in [0.717, 1.165) is 81.8 Å². The first-order valence-electron chi connectivity index (χ1n) is 28.2. The molecule has 0 spiro atoms. The molecule has 2 aliphatic rings. The van der Waals surface area contributed by atoms with E-state index in [1.54, 1.807) is 36.7 Å². The monoisotopic (exact) mass is 1260 g/mol. The van der Waals surface area contributed by atoms with Crippen LogP contribution in [0.2, 0.25) is 20.1 Å². The fourth-order valence-electron chi connectivity index (χ4n) is 10.1. The summed E-state index contributed by atoms with van der Waals surface area (Å²) in [6.45, 7) is 7.92. The number of benzene rings is 4. The van der Waals surface area contributed by atoms with Gasteiger partial charge in [0.25, 0.3) is 11.8 Å². The third-order valence-corrected chi connectivity index (χ3v) is 15.4. The van der Waals surface area contributed by atoms with Gasteiger partial charge in [-0.1, -0.05) is 107 Å². The van der Waals surface area contributed by atoms with Crippen molar-refractivity contribution < 1.29 is 38.1 Å². The smallest absolute Gasteiger partial charge is 0.314 e. The lowest BCUT2D eigenvalue weighted by molar-refractivity contribution is 0.0497. The van der Waals surface area contributed by atoms with E-state index >= 15 is 0 Å². The molecule has 0 unspecified atom stereocenters. The minimum Gasteiger partial charge on any atom is -0.377 e. The molecule has 4 heterocycles. The normalized spacial score (nSPS) is 14.8. The first kappa shape index (κ1) is 66.4. The second kappa shape index (κ2) is 34.3. The summed E-state index contributed by atoms with van der Waals surface area (Å²) >= 11 is 26.0. The molecule has 2 aromatic heterocycles. The summed E-state index contributed by atoms with van der Waals surface area (Å²) in [7, 11) is 4.18. The van der Waals surface area contributed by atoms with Crippen molar-refractivity contribution in [3.05, 3.63) is 174 Å². The number of hydrogen-bond donors (Lipinski definition) is 6. The van der Waals surface area contributed by atoms with Crippen molar-refractivity contribution in [2.75, 3.05) is 119 Å². The van der Waals surface area contributed by atoms with Crippen LogP contribution < -0.4 is 31.9 Å². The molecule has 0 saturated heterocycles. The van der Waals surface area contributed by atoms with Gasteiger partial charge in [-0.25, -0.2) is 9.59 Å². The number of halogens is 5. The van der Waals surface area contributed by atoms with Crippen molar-refractivity contribution >= 4 is 82.7 Å². The van der Waals surface area contributed by atoms with E-state index in [1.807, 2.05) is 48.5 Å². The van der Waals surface area contributed by atoms with Crippen molar-refractivity contribution in [1.29, 1.82) is 0 Å². The predicted molar refractivity (Wildman–Crippen MR) is 336 cm³/mol. The van der Waals surface area contributed by atoms with Gasteiger partial charge in [0.05, 0.1) is 52.9 Å². The van der Waals surface area contributed by atoms with Crippen molar-refractivity contribution in [2.45, 2.75) is 37.8 Å². The maximum Gasteiger partial charge on any atom is 0.314 e. The number of pyridine rings is 2. The number of nitrogens with one attached hydrogen (secondary N) is 6. The van der Waals surface area contributed by atoms with Crippen molar-refractivity contribution in [2.24, 2.45) is 0 Å². The second-order valence-corrected chi connectivity index (χ2v) is 22.2. The molecule has 6 amide bonds. The molecule has 2 aliphatic heterocycles. The average molecular weight is 1260 g/mol. The standard InChI is InChI=1S/C62H72Cl4N10O8.ClH/c1-75-37-51(49-31-47(63)33-55(65)53(49)39-75)43-9-5-7-41(29-43)45-11-13-57(73-35-45)59(77)67-17-21-81-25-27-83-23-19-71-61(79)69-15-3-4-16-70-62(80)72-20-24-84-28-26-82-22-18-68-60(78)58-14-12-46(36-74-58)42-8-6-10-44(30-42)52-38-76(2)40-54-50(52)32-48(64)34-56(54)66;/h5-14,29-36,51-52H,3-4,15-28,37-40H2,1-2H3,(H,67,77)(H,68,78)(H2,69,71,79)(H2,70,72,80);1H/t51-,52-;/m0./s1. The van der Waals surface area contributed by atoms with Crippen molar-refractivity contribution in [3.8, 4) is 22.3 Å². The number of fused-ring (bicyclic) bond motifs is 2. The largest absolute Gasteiger partial charge is 0.377 e. The summed E-state index contributed by atoms with van der Waals surface area (Å²) in [6, 6.07) is 30.9. The average Bonchev–Trinajstić information content (AvgIpc) is 3.63. The van der Waals surface area contributed by atoms with E-state index < -0.39 is 0 Å². The van der Waals surface area contributed by atoms with Gasteiger partial charge in [0.2, 0.25) is 0 Å². The van der Waals surface area contributed by atoms with E-state index in [-0.39, 0.29) is 48.1 Å². The fraction of sp³-hybridized carbons (Fsp3) is 0.387. The Morgan fingerprint density at radius 3 is 1.22 bits per heavy atom. The topological polar surface area (TPSA) is 210 Å². The number of urea groups is 2. The maximum atomic E-state index is 12.8. The molecule has 0 bridgehead atoms. The van der Waals surface area contributed by atoms with Crippen LogP contribution in [-0.4, -0.2) is 163 Å². The minimum atomic E-state index is -0.304. The van der Waals surface area contributed by atoms with Crippen LogP contribution in [-0.2, 0) is 32.0 Å². The molecule has 0 saturated carbocycles. The predicted octanol–water partition coefficient (Wildman–Crippen LogP) is 9.61. The number of carbonyl (C=O) groups is 4. The Hall–Kier alpha value is -6.13. The third-order valence-electron chi connectivity index (χ3n) is 14.3. The lowest BCUT2D eigenvalue weighted by atomic mass is 9.84. The van der Waals surface area contributed by atoms with Crippen LogP contribution in [0.15, 0.2) is 109 Å². The molecule has 4 aromatic carbocycles. The Morgan fingerprint density at radius 2 is 0.847 bits per heavy atom. The number of hydrogen-bond acceptors (Lipinski definition) is 12. The Balaban J connectivity index is 0.0000104. The minimum absolute atomic E-state index is 0. The van der Waals surface area contributed by atoms with E-state index in [0.29, 0.717) is 136 Å². The van der Waals surface area contributed by atoms with Crippen LogP contribution in [0.25, 0.3) is 22.3 Å². The van der Waals surface area contributed by atoms with Gasteiger partial charge in [-0.05, 0) is 108 Å². The highest BCUT2D eigenvalue weighted by Gasteiger charge is 2.29. The number of amides is 6. The first-order valence-corrected chi connectivity index (χ1v) is 29.7. The molecule has 0 radical (unpaired) electrons. The molecule has 23 heteroatoms. The van der Waals surface area contributed by atoms with Crippen LogP contribution in [0.1, 0.15) is 79.0 Å². The van der Waals surface area contributed by atoms with Crippen LogP contribution in [0, 0.1) is 0 Å².